The molecule has 0 spiro atoms. The van der Waals surface area contributed by atoms with Gasteiger partial charge in [-0.15, -0.1) is 0 Å². The second-order valence-electron chi connectivity index (χ2n) is 7.17. The molecule has 1 aliphatic carbocycles. The minimum absolute atomic E-state index is 0.740. The minimum Gasteiger partial charge on any atom is -0.317 e. The van der Waals surface area contributed by atoms with Crippen molar-refractivity contribution in [3.05, 3.63) is 47.8 Å². The Morgan fingerprint density at radius 1 is 1.00 bits per heavy atom. The molecular weight excluding hydrogens is 282 g/mol. The first-order valence-corrected chi connectivity index (χ1v) is 9.25. The molecule has 0 unspecified atom stereocenters. The Bertz CT molecular complexity index is 620. The van der Waals surface area contributed by atoms with Crippen molar-refractivity contribution in [3.8, 4) is 5.69 Å². The van der Waals surface area contributed by atoms with Gasteiger partial charge in [0.15, 0.2) is 0 Å². The molecule has 1 aromatic carbocycles. The number of aromatic nitrogens is 2. The molecule has 2 fully saturated rings. The predicted molar refractivity (Wildman–Crippen MR) is 94.1 cm³/mol. The number of hydrogen-bond donors (Lipinski definition) is 1. The monoisotopic (exact) mass is 309 g/mol. The van der Waals surface area contributed by atoms with Gasteiger partial charge >= 0.3 is 0 Å². The van der Waals surface area contributed by atoms with Crippen molar-refractivity contribution in [1.29, 1.82) is 0 Å². The highest BCUT2D eigenvalue weighted by Crippen LogP contribution is 2.37. The van der Waals surface area contributed by atoms with Crippen molar-refractivity contribution in [2.75, 3.05) is 13.1 Å². The van der Waals surface area contributed by atoms with Crippen molar-refractivity contribution in [3.63, 3.8) is 0 Å². The number of nitrogens with one attached hydrogen (secondary N) is 1. The number of rotatable bonds is 4. The fourth-order valence-electron chi connectivity index (χ4n) is 4.32. The van der Waals surface area contributed by atoms with Gasteiger partial charge in [0.05, 0.1) is 11.9 Å². The molecule has 1 saturated carbocycles. The van der Waals surface area contributed by atoms with Gasteiger partial charge in [-0.25, -0.2) is 4.68 Å². The van der Waals surface area contributed by atoms with Crippen molar-refractivity contribution in [2.45, 2.75) is 50.9 Å². The average molecular weight is 309 g/mol. The van der Waals surface area contributed by atoms with E-state index >= 15 is 0 Å². The highest BCUT2D eigenvalue weighted by atomic mass is 15.3. The zero-order valence-electron chi connectivity index (χ0n) is 13.9. The van der Waals surface area contributed by atoms with Gasteiger partial charge in [0, 0.05) is 5.69 Å². The summed E-state index contributed by atoms with van der Waals surface area (Å²) < 4.78 is 2.22. The zero-order valence-corrected chi connectivity index (χ0v) is 13.9. The van der Waals surface area contributed by atoms with E-state index in [1.165, 1.54) is 75.0 Å². The maximum absolute atomic E-state index is 4.80. The van der Waals surface area contributed by atoms with E-state index in [9.17, 15) is 0 Å². The van der Waals surface area contributed by atoms with Crippen LogP contribution >= 0.6 is 0 Å². The van der Waals surface area contributed by atoms with Crippen LogP contribution in [0.15, 0.2) is 36.5 Å². The average Bonchev–Trinajstić information content (AvgIpc) is 3.26. The first-order chi connectivity index (χ1) is 11.4. The lowest BCUT2D eigenvalue weighted by molar-refractivity contribution is 0.366. The molecular formula is C20H27N3. The summed E-state index contributed by atoms with van der Waals surface area (Å²) in [6.07, 6.45) is 11.4. The molecule has 3 nitrogen and oxygen atoms in total. The van der Waals surface area contributed by atoms with E-state index in [0.29, 0.717) is 0 Å². The molecule has 1 aromatic heterocycles. The SMILES string of the molecule is c1ccc(-n2ncc(C3CCCC3)c2CC2CCNCC2)cc1. The largest absolute Gasteiger partial charge is 0.317 e. The second kappa shape index (κ2) is 6.88. The molecule has 23 heavy (non-hydrogen) atoms. The smallest absolute Gasteiger partial charge is 0.0648 e. The minimum atomic E-state index is 0.740. The molecule has 0 amide bonds. The standard InChI is InChI=1S/C20H27N3/c1-2-8-18(9-3-1)23-20(14-16-10-12-21-13-11-16)19(15-22-23)17-6-4-5-7-17/h1-3,8-9,15-17,21H,4-7,10-14H2. The van der Waals surface area contributed by atoms with E-state index in [2.05, 4.69) is 46.5 Å². The molecule has 2 aromatic rings. The molecule has 0 radical (unpaired) electrons. The van der Waals surface area contributed by atoms with E-state index in [1.54, 1.807) is 0 Å². The lowest BCUT2D eigenvalue weighted by Crippen LogP contribution is -2.29. The Kier molecular flexibility index (Phi) is 4.47. The van der Waals surface area contributed by atoms with Crippen molar-refractivity contribution in [1.82, 2.24) is 15.1 Å². The third-order valence-corrected chi connectivity index (χ3v) is 5.64. The van der Waals surface area contributed by atoms with Gasteiger partial charge in [-0.1, -0.05) is 31.0 Å². The van der Waals surface area contributed by atoms with Crippen LogP contribution in [0.5, 0.6) is 0 Å². The predicted octanol–water partition coefficient (Wildman–Crippen LogP) is 4.07. The van der Waals surface area contributed by atoms with Crippen LogP contribution in [-0.2, 0) is 6.42 Å². The maximum Gasteiger partial charge on any atom is 0.0648 e. The maximum atomic E-state index is 4.80. The van der Waals surface area contributed by atoms with Gasteiger partial charge in [0.2, 0.25) is 0 Å². The highest BCUT2D eigenvalue weighted by Gasteiger charge is 2.25. The van der Waals surface area contributed by atoms with Crippen LogP contribution in [0.4, 0.5) is 0 Å². The van der Waals surface area contributed by atoms with E-state index in [4.69, 9.17) is 5.10 Å². The van der Waals surface area contributed by atoms with Gasteiger partial charge in [-0.05, 0) is 74.7 Å². The van der Waals surface area contributed by atoms with Gasteiger partial charge in [0.1, 0.15) is 0 Å². The number of piperidine rings is 1. The number of para-hydroxylation sites is 1. The lowest BCUT2D eigenvalue weighted by atomic mass is 9.89. The molecule has 4 rings (SSSR count). The normalized spacial score (nSPS) is 20.2. The Labute approximate surface area is 139 Å². The van der Waals surface area contributed by atoms with Crippen LogP contribution in [0, 0.1) is 5.92 Å². The fourth-order valence-corrected chi connectivity index (χ4v) is 4.32. The van der Waals surface area contributed by atoms with Crippen LogP contribution in [-0.4, -0.2) is 22.9 Å². The van der Waals surface area contributed by atoms with Crippen LogP contribution in [0.2, 0.25) is 0 Å². The summed E-state index contributed by atoms with van der Waals surface area (Å²) in [7, 11) is 0. The molecule has 0 bridgehead atoms. The molecule has 1 N–H and O–H groups in total. The molecule has 122 valence electrons. The van der Waals surface area contributed by atoms with Crippen LogP contribution in [0.3, 0.4) is 0 Å². The summed E-state index contributed by atoms with van der Waals surface area (Å²) in [5.74, 6) is 1.54. The summed E-state index contributed by atoms with van der Waals surface area (Å²) in [5, 5.41) is 8.29. The van der Waals surface area contributed by atoms with E-state index in [-0.39, 0.29) is 0 Å². The van der Waals surface area contributed by atoms with Crippen molar-refractivity contribution in [2.24, 2.45) is 5.92 Å². The van der Waals surface area contributed by atoms with E-state index < -0.39 is 0 Å². The number of hydrogen-bond acceptors (Lipinski definition) is 2. The van der Waals surface area contributed by atoms with Crippen LogP contribution in [0.25, 0.3) is 5.69 Å². The molecule has 1 aliphatic heterocycles. The van der Waals surface area contributed by atoms with Crippen LogP contribution in [0.1, 0.15) is 55.7 Å². The van der Waals surface area contributed by atoms with Gasteiger partial charge in [-0.2, -0.15) is 5.10 Å². The lowest BCUT2D eigenvalue weighted by Gasteiger charge is -2.24. The summed E-state index contributed by atoms with van der Waals surface area (Å²) in [4.78, 5) is 0. The first-order valence-electron chi connectivity index (χ1n) is 9.25. The Balaban J connectivity index is 1.67. The highest BCUT2D eigenvalue weighted by molar-refractivity contribution is 5.36. The molecule has 0 atom stereocenters. The van der Waals surface area contributed by atoms with Gasteiger partial charge in [0.25, 0.3) is 0 Å². The van der Waals surface area contributed by atoms with E-state index in [1.807, 2.05) is 0 Å². The Hall–Kier alpha value is -1.61. The number of benzene rings is 1. The van der Waals surface area contributed by atoms with Gasteiger partial charge in [-0.3, -0.25) is 0 Å². The summed E-state index contributed by atoms with van der Waals surface area (Å²) in [6, 6.07) is 10.7. The quantitative estimate of drug-likeness (QED) is 0.922. The third-order valence-electron chi connectivity index (χ3n) is 5.64. The van der Waals surface area contributed by atoms with Crippen LogP contribution < -0.4 is 5.32 Å². The molecule has 3 heteroatoms. The topological polar surface area (TPSA) is 29.9 Å². The van der Waals surface area contributed by atoms with Crippen molar-refractivity contribution >= 4 is 0 Å². The zero-order chi connectivity index (χ0) is 15.5. The summed E-state index contributed by atoms with van der Waals surface area (Å²) >= 11 is 0. The van der Waals surface area contributed by atoms with Gasteiger partial charge < -0.3 is 5.32 Å². The third kappa shape index (κ3) is 3.20. The Morgan fingerprint density at radius 3 is 2.48 bits per heavy atom. The summed E-state index contributed by atoms with van der Waals surface area (Å²) in [5.41, 5.74) is 4.22. The second-order valence-corrected chi connectivity index (χ2v) is 7.17. The first kappa shape index (κ1) is 14.9. The Morgan fingerprint density at radius 2 is 1.74 bits per heavy atom. The molecule has 2 heterocycles. The van der Waals surface area contributed by atoms with E-state index in [0.717, 1.165) is 11.8 Å². The summed E-state index contributed by atoms with van der Waals surface area (Å²) in [6.45, 7) is 2.34. The molecule has 2 aliphatic rings. The number of nitrogens with zero attached hydrogens (tertiary/aromatic N) is 2. The fraction of sp³-hybridized carbons (Fsp3) is 0.550. The molecule has 1 saturated heterocycles. The van der Waals surface area contributed by atoms with Crippen molar-refractivity contribution < 1.29 is 0 Å².